The van der Waals surface area contributed by atoms with Gasteiger partial charge in [-0.1, -0.05) is 23.7 Å². The topological polar surface area (TPSA) is 87.3 Å². The molecule has 7 heteroatoms. The number of amides is 3. The van der Waals surface area contributed by atoms with Gasteiger partial charge in [-0.05, 0) is 54.8 Å². The number of benzene rings is 2. The predicted molar refractivity (Wildman–Crippen MR) is 109 cm³/mol. The summed E-state index contributed by atoms with van der Waals surface area (Å²) in [6, 6.07) is 14.4. The van der Waals surface area contributed by atoms with Crippen LogP contribution in [0, 0.1) is 11.8 Å². The maximum atomic E-state index is 12.3. The smallest absolute Gasteiger partial charge is 0.228 e. The summed E-state index contributed by atoms with van der Waals surface area (Å²) < 4.78 is 0. The highest BCUT2D eigenvalue weighted by Crippen LogP contribution is 2.39. The van der Waals surface area contributed by atoms with Gasteiger partial charge in [-0.3, -0.25) is 14.4 Å². The summed E-state index contributed by atoms with van der Waals surface area (Å²) in [6.45, 7) is 1.94. The van der Waals surface area contributed by atoms with Gasteiger partial charge in [-0.15, -0.1) is 0 Å². The molecule has 0 saturated heterocycles. The van der Waals surface area contributed by atoms with Gasteiger partial charge in [-0.2, -0.15) is 0 Å². The van der Waals surface area contributed by atoms with E-state index in [2.05, 4.69) is 16.0 Å². The summed E-state index contributed by atoms with van der Waals surface area (Å²) in [4.78, 5) is 35.5. The van der Waals surface area contributed by atoms with Gasteiger partial charge in [0.1, 0.15) is 0 Å². The SMILES string of the molecule is CC(=O)Nc1ccc(NC(=O)C2CC2C(=O)NCCc2cccc(Cl)c2)cc1. The van der Waals surface area contributed by atoms with Crippen LogP contribution in [0.15, 0.2) is 48.5 Å². The Morgan fingerprint density at radius 1 is 0.964 bits per heavy atom. The third kappa shape index (κ3) is 5.57. The zero-order valence-corrected chi connectivity index (χ0v) is 16.3. The summed E-state index contributed by atoms with van der Waals surface area (Å²) in [5.41, 5.74) is 2.35. The molecule has 1 aliphatic carbocycles. The molecule has 2 aromatic carbocycles. The van der Waals surface area contributed by atoms with Crippen molar-refractivity contribution in [1.29, 1.82) is 0 Å². The van der Waals surface area contributed by atoms with Crippen LogP contribution in [0.1, 0.15) is 18.9 Å². The molecule has 146 valence electrons. The first-order valence-electron chi connectivity index (χ1n) is 9.13. The van der Waals surface area contributed by atoms with Gasteiger partial charge in [0.25, 0.3) is 0 Å². The third-order valence-corrected chi connectivity index (χ3v) is 4.77. The molecule has 3 N–H and O–H groups in total. The van der Waals surface area contributed by atoms with Crippen molar-refractivity contribution in [2.45, 2.75) is 19.8 Å². The van der Waals surface area contributed by atoms with E-state index in [9.17, 15) is 14.4 Å². The fourth-order valence-corrected chi connectivity index (χ4v) is 3.22. The Labute approximate surface area is 168 Å². The Hall–Kier alpha value is -2.86. The Morgan fingerprint density at radius 2 is 1.61 bits per heavy atom. The van der Waals surface area contributed by atoms with Crippen LogP contribution >= 0.6 is 11.6 Å². The van der Waals surface area contributed by atoms with Crippen molar-refractivity contribution < 1.29 is 14.4 Å². The van der Waals surface area contributed by atoms with Crippen molar-refractivity contribution in [2.24, 2.45) is 11.8 Å². The Kier molecular flexibility index (Phi) is 6.31. The molecule has 3 amide bonds. The second-order valence-electron chi connectivity index (χ2n) is 6.87. The van der Waals surface area contributed by atoms with E-state index in [-0.39, 0.29) is 29.6 Å². The first-order valence-corrected chi connectivity index (χ1v) is 9.51. The largest absolute Gasteiger partial charge is 0.356 e. The fraction of sp³-hybridized carbons (Fsp3) is 0.286. The number of anilines is 2. The lowest BCUT2D eigenvalue weighted by Crippen LogP contribution is -2.29. The van der Waals surface area contributed by atoms with E-state index >= 15 is 0 Å². The normalized spacial score (nSPS) is 17.5. The maximum Gasteiger partial charge on any atom is 0.228 e. The van der Waals surface area contributed by atoms with E-state index < -0.39 is 0 Å². The second-order valence-corrected chi connectivity index (χ2v) is 7.30. The molecule has 1 aliphatic rings. The summed E-state index contributed by atoms with van der Waals surface area (Å²) in [6.07, 6.45) is 1.25. The van der Waals surface area contributed by atoms with Gasteiger partial charge < -0.3 is 16.0 Å². The number of rotatable bonds is 7. The number of halogens is 1. The van der Waals surface area contributed by atoms with Crippen molar-refractivity contribution >= 4 is 40.7 Å². The van der Waals surface area contributed by atoms with Crippen molar-refractivity contribution in [3.8, 4) is 0 Å². The first-order chi connectivity index (χ1) is 13.4. The van der Waals surface area contributed by atoms with E-state index in [4.69, 9.17) is 11.6 Å². The van der Waals surface area contributed by atoms with Crippen molar-refractivity contribution in [1.82, 2.24) is 5.32 Å². The maximum absolute atomic E-state index is 12.3. The van der Waals surface area contributed by atoms with Gasteiger partial charge in [0.2, 0.25) is 17.7 Å². The fourth-order valence-electron chi connectivity index (χ4n) is 3.00. The highest BCUT2D eigenvalue weighted by Gasteiger charge is 2.47. The van der Waals surface area contributed by atoms with Crippen LogP contribution in [-0.2, 0) is 20.8 Å². The summed E-state index contributed by atoms with van der Waals surface area (Å²) >= 11 is 5.95. The highest BCUT2D eigenvalue weighted by molar-refractivity contribution is 6.30. The molecule has 2 unspecified atom stereocenters. The van der Waals surface area contributed by atoms with E-state index in [1.807, 2.05) is 24.3 Å². The first kappa shape index (κ1) is 19.9. The Bertz CT molecular complexity index is 883. The zero-order chi connectivity index (χ0) is 20.1. The monoisotopic (exact) mass is 399 g/mol. The average Bonchev–Trinajstić information content (AvgIpc) is 3.44. The lowest BCUT2D eigenvalue weighted by atomic mass is 10.1. The zero-order valence-electron chi connectivity index (χ0n) is 15.5. The van der Waals surface area contributed by atoms with Gasteiger partial charge in [0.15, 0.2) is 0 Å². The molecule has 0 bridgehead atoms. The number of hydrogen-bond donors (Lipinski definition) is 3. The van der Waals surface area contributed by atoms with Crippen molar-refractivity contribution in [3.05, 3.63) is 59.1 Å². The molecule has 2 aromatic rings. The number of carbonyl (C=O) groups is 3. The van der Waals surface area contributed by atoms with Crippen LogP contribution in [0.25, 0.3) is 0 Å². The van der Waals surface area contributed by atoms with Gasteiger partial charge in [0, 0.05) is 29.9 Å². The lowest BCUT2D eigenvalue weighted by Gasteiger charge is -2.08. The minimum absolute atomic E-state index is 0.0943. The molecule has 0 spiro atoms. The molecule has 0 aliphatic heterocycles. The van der Waals surface area contributed by atoms with Gasteiger partial charge in [-0.25, -0.2) is 0 Å². The van der Waals surface area contributed by atoms with Crippen LogP contribution in [0.3, 0.4) is 0 Å². The number of hydrogen-bond acceptors (Lipinski definition) is 3. The standard InChI is InChI=1S/C21H22ClN3O3/c1-13(26)24-16-5-7-17(8-6-16)25-21(28)19-12-18(19)20(27)23-10-9-14-3-2-4-15(22)11-14/h2-8,11,18-19H,9-10,12H2,1H3,(H,23,27)(H,24,26)(H,25,28). The Balaban J connectivity index is 1.42. The molecule has 6 nitrogen and oxygen atoms in total. The van der Waals surface area contributed by atoms with Crippen molar-refractivity contribution in [3.63, 3.8) is 0 Å². The van der Waals surface area contributed by atoms with Crippen LogP contribution < -0.4 is 16.0 Å². The predicted octanol–water partition coefficient (Wildman–Crippen LogP) is 3.23. The third-order valence-electron chi connectivity index (χ3n) is 4.54. The van der Waals surface area contributed by atoms with Crippen LogP contribution in [0.4, 0.5) is 11.4 Å². The molecule has 28 heavy (non-hydrogen) atoms. The molecule has 1 saturated carbocycles. The molecular formula is C21H22ClN3O3. The van der Waals surface area contributed by atoms with E-state index in [1.165, 1.54) is 6.92 Å². The van der Waals surface area contributed by atoms with Crippen molar-refractivity contribution in [2.75, 3.05) is 17.2 Å². The molecular weight excluding hydrogens is 378 g/mol. The van der Waals surface area contributed by atoms with E-state index in [0.717, 1.165) is 5.56 Å². The average molecular weight is 400 g/mol. The molecule has 1 fully saturated rings. The molecule has 0 aromatic heterocycles. The minimum Gasteiger partial charge on any atom is -0.356 e. The quantitative estimate of drug-likeness (QED) is 0.668. The van der Waals surface area contributed by atoms with Crippen LogP contribution in [-0.4, -0.2) is 24.3 Å². The molecule has 3 rings (SSSR count). The highest BCUT2D eigenvalue weighted by atomic mass is 35.5. The number of nitrogens with one attached hydrogen (secondary N) is 3. The summed E-state index contributed by atoms with van der Waals surface area (Å²) in [5, 5.41) is 9.03. The lowest BCUT2D eigenvalue weighted by molar-refractivity contribution is -0.125. The van der Waals surface area contributed by atoms with Gasteiger partial charge >= 0.3 is 0 Å². The summed E-state index contributed by atoms with van der Waals surface area (Å²) in [5.74, 6) is -0.997. The second kappa shape index (κ2) is 8.89. The number of carbonyl (C=O) groups excluding carboxylic acids is 3. The van der Waals surface area contributed by atoms with E-state index in [0.29, 0.717) is 35.8 Å². The molecule has 0 heterocycles. The van der Waals surface area contributed by atoms with Crippen LogP contribution in [0.5, 0.6) is 0 Å². The Morgan fingerprint density at radius 3 is 2.25 bits per heavy atom. The minimum atomic E-state index is -0.304. The van der Waals surface area contributed by atoms with E-state index in [1.54, 1.807) is 24.3 Å². The molecule has 0 radical (unpaired) electrons. The molecule has 2 atom stereocenters. The van der Waals surface area contributed by atoms with Gasteiger partial charge in [0.05, 0.1) is 11.8 Å². The summed E-state index contributed by atoms with van der Waals surface area (Å²) in [7, 11) is 0. The van der Waals surface area contributed by atoms with Crippen LogP contribution in [0.2, 0.25) is 5.02 Å².